The van der Waals surface area contributed by atoms with Gasteiger partial charge in [0, 0.05) is 42.7 Å². The fourth-order valence-corrected chi connectivity index (χ4v) is 5.45. The molecule has 182 valence electrons. The number of aromatic nitrogens is 3. The van der Waals surface area contributed by atoms with Crippen LogP contribution in [0.5, 0.6) is 0 Å². The molecule has 35 heavy (non-hydrogen) atoms. The number of nitrogens with zero attached hydrogens (tertiary/aromatic N) is 5. The molecule has 1 atom stereocenters. The number of rotatable bonds is 2. The van der Waals surface area contributed by atoms with Crippen LogP contribution in [0.25, 0.3) is 11.4 Å². The lowest BCUT2D eigenvalue weighted by molar-refractivity contribution is -0.140. The Morgan fingerprint density at radius 2 is 1.89 bits per heavy atom. The molecule has 6 rings (SSSR count). The molecule has 0 aliphatic carbocycles. The topological polar surface area (TPSA) is 93.7 Å². The van der Waals surface area contributed by atoms with Gasteiger partial charge >= 0.3 is 0 Å². The molecule has 3 aliphatic rings. The second-order valence-corrected chi connectivity index (χ2v) is 9.90. The van der Waals surface area contributed by atoms with Gasteiger partial charge in [-0.15, -0.1) is 0 Å². The highest BCUT2D eigenvalue weighted by atomic mass is 35.5. The highest BCUT2D eigenvalue weighted by Crippen LogP contribution is 2.37. The molecule has 5 heterocycles. The van der Waals surface area contributed by atoms with Gasteiger partial charge < -0.3 is 19.1 Å². The molecular weight excluding hydrogens is 493 g/mol. The van der Waals surface area contributed by atoms with Crippen molar-refractivity contribution in [3.05, 3.63) is 56.9 Å². The Labute approximate surface area is 211 Å². The van der Waals surface area contributed by atoms with E-state index in [4.69, 9.17) is 37.6 Å². The average molecular weight is 516 g/mol. The molecule has 0 N–H and O–H groups in total. The number of benzene rings is 1. The number of fused-ring (bicyclic) bond motifs is 5. The standard InChI is InChI=1S/C24H23Cl2N5O4/c25-18-2-1-14(10-19(18)26)23(32)30-4-3-20-17(12-30)22-21-16(13-35-28-21)9-15(11-31(22)27-20)24(33)29-5-7-34-8-6-29/h1-2,10,13,15H,3-9,11-12H2. The lowest BCUT2D eigenvalue weighted by atomic mass is 9.97. The second-order valence-electron chi connectivity index (χ2n) is 9.09. The minimum Gasteiger partial charge on any atom is -0.378 e. The highest BCUT2D eigenvalue weighted by molar-refractivity contribution is 6.42. The monoisotopic (exact) mass is 515 g/mol. The first-order chi connectivity index (χ1) is 17.0. The van der Waals surface area contributed by atoms with Gasteiger partial charge in [-0.2, -0.15) is 5.10 Å². The van der Waals surface area contributed by atoms with Crippen LogP contribution < -0.4 is 0 Å². The number of carbonyl (C=O) groups is 2. The van der Waals surface area contributed by atoms with Gasteiger partial charge in [0.25, 0.3) is 5.91 Å². The molecular formula is C24H23Cl2N5O4. The van der Waals surface area contributed by atoms with Crippen LogP contribution in [0.1, 0.15) is 27.2 Å². The molecule has 0 radical (unpaired) electrons. The van der Waals surface area contributed by atoms with Crippen LogP contribution in [0.4, 0.5) is 0 Å². The molecule has 1 fully saturated rings. The van der Waals surface area contributed by atoms with Crippen LogP contribution in [-0.4, -0.2) is 69.4 Å². The predicted molar refractivity (Wildman–Crippen MR) is 127 cm³/mol. The average Bonchev–Trinajstić information content (AvgIpc) is 3.44. The maximum Gasteiger partial charge on any atom is 0.254 e. The molecule has 0 spiro atoms. The smallest absolute Gasteiger partial charge is 0.254 e. The first-order valence-electron chi connectivity index (χ1n) is 11.6. The van der Waals surface area contributed by atoms with E-state index in [0.29, 0.717) is 80.1 Å². The van der Waals surface area contributed by atoms with E-state index < -0.39 is 0 Å². The summed E-state index contributed by atoms with van der Waals surface area (Å²) in [5, 5.41) is 9.89. The van der Waals surface area contributed by atoms with Gasteiger partial charge in [0.2, 0.25) is 5.91 Å². The van der Waals surface area contributed by atoms with Crippen LogP contribution >= 0.6 is 23.2 Å². The molecule has 3 aliphatic heterocycles. The molecule has 0 saturated carbocycles. The van der Waals surface area contributed by atoms with Crippen LogP contribution in [0.3, 0.4) is 0 Å². The van der Waals surface area contributed by atoms with Crippen molar-refractivity contribution >= 4 is 35.0 Å². The minimum atomic E-state index is -0.275. The van der Waals surface area contributed by atoms with Crippen molar-refractivity contribution in [1.29, 1.82) is 0 Å². The molecule has 1 unspecified atom stereocenters. The molecule has 0 bridgehead atoms. The van der Waals surface area contributed by atoms with Crippen molar-refractivity contribution in [3.63, 3.8) is 0 Å². The van der Waals surface area contributed by atoms with Crippen LogP contribution in [-0.2, 0) is 35.5 Å². The summed E-state index contributed by atoms with van der Waals surface area (Å²) in [5.74, 6) is -0.301. The van der Waals surface area contributed by atoms with Gasteiger partial charge in [-0.05, 0) is 24.6 Å². The SMILES string of the molecule is O=C(c1ccc(Cl)c(Cl)c1)N1CCc2nn3c(c2C1)-c1nocc1CC(C(=O)N1CCOCC1)C3. The third kappa shape index (κ3) is 4.01. The zero-order valence-corrected chi connectivity index (χ0v) is 20.4. The summed E-state index contributed by atoms with van der Waals surface area (Å²) in [6.07, 6.45) is 2.75. The Kier molecular flexibility index (Phi) is 5.78. The van der Waals surface area contributed by atoms with Gasteiger partial charge in [-0.3, -0.25) is 14.3 Å². The first kappa shape index (κ1) is 22.6. The van der Waals surface area contributed by atoms with E-state index in [1.165, 1.54) is 0 Å². The fraction of sp³-hybridized carbons (Fsp3) is 0.417. The van der Waals surface area contributed by atoms with Crippen molar-refractivity contribution in [3.8, 4) is 11.4 Å². The third-order valence-corrected chi connectivity index (χ3v) is 7.69. The zero-order chi connectivity index (χ0) is 24.1. The highest BCUT2D eigenvalue weighted by Gasteiger charge is 2.36. The summed E-state index contributed by atoms with van der Waals surface area (Å²) in [6.45, 7) is 3.68. The second kappa shape index (κ2) is 8.96. The Balaban J connectivity index is 1.32. The van der Waals surface area contributed by atoms with Crippen molar-refractivity contribution < 1.29 is 18.8 Å². The third-order valence-electron chi connectivity index (χ3n) is 6.95. The summed E-state index contributed by atoms with van der Waals surface area (Å²) < 4.78 is 12.6. The van der Waals surface area contributed by atoms with E-state index in [-0.39, 0.29) is 17.7 Å². The Morgan fingerprint density at radius 3 is 2.69 bits per heavy atom. The van der Waals surface area contributed by atoms with Gasteiger partial charge in [0.05, 0.1) is 53.7 Å². The van der Waals surface area contributed by atoms with Gasteiger partial charge in [-0.1, -0.05) is 28.4 Å². The zero-order valence-electron chi connectivity index (χ0n) is 18.9. The van der Waals surface area contributed by atoms with E-state index in [0.717, 1.165) is 22.5 Å². The quantitative estimate of drug-likeness (QED) is 0.520. The van der Waals surface area contributed by atoms with Crippen LogP contribution in [0.2, 0.25) is 10.0 Å². The number of halogens is 2. The van der Waals surface area contributed by atoms with E-state index in [2.05, 4.69) is 5.16 Å². The van der Waals surface area contributed by atoms with Crippen molar-refractivity contribution in [2.24, 2.45) is 5.92 Å². The fourth-order valence-electron chi connectivity index (χ4n) is 5.15. The van der Waals surface area contributed by atoms with Gasteiger partial charge in [-0.25, -0.2) is 0 Å². The molecule has 9 nitrogen and oxygen atoms in total. The van der Waals surface area contributed by atoms with Gasteiger partial charge in [0.1, 0.15) is 12.0 Å². The molecule has 11 heteroatoms. The summed E-state index contributed by atoms with van der Waals surface area (Å²) >= 11 is 12.2. The first-order valence-corrected chi connectivity index (χ1v) is 12.4. The van der Waals surface area contributed by atoms with Crippen LogP contribution in [0.15, 0.2) is 29.0 Å². The van der Waals surface area contributed by atoms with Crippen molar-refractivity contribution in [2.75, 3.05) is 32.8 Å². The molecule has 1 saturated heterocycles. The minimum absolute atomic E-state index is 0.0955. The van der Waals surface area contributed by atoms with E-state index in [1.807, 2.05) is 9.58 Å². The van der Waals surface area contributed by atoms with Crippen molar-refractivity contribution in [1.82, 2.24) is 24.7 Å². The number of amides is 2. The Bertz CT molecular complexity index is 1310. The summed E-state index contributed by atoms with van der Waals surface area (Å²) in [5.41, 5.74) is 4.75. The largest absolute Gasteiger partial charge is 0.378 e. The summed E-state index contributed by atoms with van der Waals surface area (Å²) in [7, 11) is 0. The molecule has 2 aromatic heterocycles. The maximum atomic E-state index is 13.3. The van der Waals surface area contributed by atoms with Crippen molar-refractivity contribution in [2.45, 2.75) is 25.9 Å². The molecule has 1 aromatic carbocycles. The lowest BCUT2D eigenvalue weighted by Crippen LogP contribution is -2.45. The normalized spacial score (nSPS) is 19.5. The number of hydrogen-bond donors (Lipinski definition) is 0. The Hall–Kier alpha value is -2.88. The number of carbonyl (C=O) groups excluding carboxylic acids is 2. The van der Waals surface area contributed by atoms with Gasteiger partial charge in [0.15, 0.2) is 0 Å². The van der Waals surface area contributed by atoms with Crippen LogP contribution in [0, 0.1) is 5.92 Å². The van der Waals surface area contributed by atoms with E-state index in [9.17, 15) is 9.59 Å². The number of morpholine rings is 1. The Morgan fingerprint density at radius 1 is 1.06 bits per heavy atom. The predicted octanol–water partition coefficient (Wildman–Crippen LogP) is 3.07. The molecule has 3 aromatic rings. The lowest BCUT2D eigenvalue weighted by Gasteiger charge is -2.30. The summed E-state index contributed by atoms with van der Waals surface area (Å²) in [6, 6.07) is 4.91. The molecule has 2 amide bonds. The summed E-state index contributed by atoms with van der Waals surface area (Å²) in [4.78, 5) is 30.2. The van der Waals surface area contributed by atoms with E-state index in [1.54, 1.807) is 29.4 Å². The van der Waals surface area contributed by atoms with E-state index >= 15 is 0 Å². The number of hydrogen-bond acceptors (Lipinski definition) is 6. The maximum absolute atomic E-state index is 13.3. The number of ether oxygens (including phenoxy) is 1.